The van der Waals surface area contributed by atoms with Crippen LogP contribution in [0, 0.1) is 0 Å². The molecule has 1 saturated heterocycles. The number of guanidine groups is 1. The van der Waals surface area contributed by atoms with Gasteiger partial charge in [-0.05, 0) is 85.7 Å². The number of aliphatic imine (C=N–C) groups is 1. The number of nitrogens with one attached hydrogen (secondary N) is 6. The van der Waals surface area contributed by atoms with Gasteiger partial charge in [-0.2, -0.15) is 0 Å². The number of benzene rings is 3. The lowest BCUT2D eigenvalue weighted by Crippen LogP contribution is -2.60. The molecular weight excluding hydrogens is 920 g/mol. The lowest BCUT2D eigenvalue weighted by atomic mass is 9.99. The Bertz CT molecular complexity index is 2540. The SMILES string of the molecule is CC(=O)N[C@@H](Cc1ccc2ccccc2c1)C(=O)N[C@H](Cc1ccc(Cl)cc1)C(=O)N[C@H](Cc1ccccn1)C(=O)N[C@@H](C)C(=O)N[C@H](CCCN=C(N)N)C(=O)N1CCC[C@@H]1C(=O)N[C@@H](C)C(N)=O. The number of primary amides is 1. The highest BCUT2D eigenvalue weighted by Gasteiger charge is 2.39. The third-order valence-corrected chi connectivity index (χ3v) is 11.9. The first-order chi connectivity index (χ1) is 33.4. The average Bonchev–Trinajstić information content (AvgIpc) is 3.83. The number of carbonyl (C=O) groups excluding carboxylic acids is 8. The molecule has 4 aromatic rings. The number of carbonyl (C=O) groups is 8. The summed E-state index contributed by atoms with van der Waals surface area (Å²) in [6.07, 6.45) is 2.52. The van der Waals surface area contributed by atoms with E-state index in [0.717, 1.165) is 16.3 Å². The smallest absolute Gasteiger partial charge is 0.245 e. The van der Waals surface area contributed by atoms with Crippen LogP contribution in [0.15, 0.2) is 96.1 Å². The van der Waals surface area contributed by atoms with Gasteiger partial charge in [-0.15, -0.1) is 0 Å². The number of pyridine rings is 1. The van der Waals surface area contributed by atoms with Crippen molar-refractivity contribution in [1.82, 2.24) is 41.8 Å². The van der Waals surface area contributed by atoms with E-state index in [9.17, 15) is 38.4 Å². The van der Waals surface area contributed by atoms with Crippen LogP contribution in [0.5, 0.6) is 0 Å². The molecule has 12 N–H and O–H groups in total. The van der Waals surface area contributed by atoms with Crippen molar-refractivity contribution in [2.24, 2.45) is 22.2 Å². The first-order valence-corrected chi connectivity index (χ1v) is 23.3. The van der Waals surface area contributed by atoms with Crippen LogP contribution in [0.1, 0.15) is 63.3 Å². The first-order valence-electron chi connectivity index (χ1n) is 22.9. The minimum absolute atomic E-state index is 0.0451. The summed E-state index contributed by atoms with van der Waals surface area (Å²) in [5, 5.41) is 18.5. The average molecular weight is 982 g/mol. The van der Waals surface area contributed by atoms with Crippen molar-refractivity contribution >= 4 is 75.6 Å². The number of nitrogens with zero attached hydrogens (tertiary/aromatic N) is 3. The Hall–Kier alpha value is -7.61. The Labute approximate surface area is 410 Å². The van der Waals surface area contributed by atoms with Crippen molar-refractivity contribution < 1.29 is 38.4 Å². The van der Waals surface area contributed by atoms with Crippen LogP contribution in [-0.2, 0) is 57.6 Å². The number of nitrogens with two attached hydrogens (primary N) is 3. The molecule has 5 rings (SSSR count). The summed E-state index contributed by atoms with van der Waals surface area (Å²) < 4.78 is 0. The number of aromatic nitrogens is 1. The van der Waals surface area contributed by atoms with Crippen LogP contribution in [0.25, 0.3) is 10.8 Å². The minimum atomic E-state index is -1.35. The number of likely N-dealkylation sites (tertiary alicyclic amines) is 1. The highest BCUT2D eigenvalue weighted by Crippen LogP contribution is 2.21. The fourth-order valence-corrected chi connectivity index (χ4v) is 8.05. The molecule has 1 aliphatic heterocycles. The molecule has 1 fully saturated rings. The summed E-state index contributed by atoms with van der Waals surface area (Å²) in [5.41, 5.74) is 18.1. The molecule has 3 aromatic carbocycles. The number of halogens is 1. The van der Waals surface area contributed by atoms with E-state index in [-0.39, 0.29) is 51.2 Å². The normalized spacial score (nSPS) is 15.7. The fourth-order valence-electron chi connectivity index (χ4n) is 7.92. The molecule has 2 heterocycles. The third-order valence-electron chi connectivity index (χ3n) is 11.6. The standard InChI is InChI=1S/C49H61ClN12O8/c1-28(42(51)64)56-47(69)41-14-9-23-62(41)48(70)37(13-8-22-55-49(52)53)59-43(65)29(2)57-44(66)40(27-36-12-6-7-21-54-36)61-46(68)39(25-31-16-19-35(50)20-17-31)60-45(67)38(58-30(3)63)26-32-15-18-33-10-4-5-11-34(33)24-32/h4-7,10-12,15-21,24,28-29,37-41H,8-9,13-14,22-23,25-27H2,1-3H3,(H2,51,64)(H,56,69)(H,57,66)(H,58,63)(H,59,65)(H,60,67)(H,61,68)(H4,52,53,55)/t28-,29-,37+,38-,39+,40+,41+/m0/s1. The molecular formula is C49H61ClN12O8. The van der Waals surface area contributed by atoms with Gasteiger partial charge in [0.15, 0.2) is 5.96 Å². The molecule has 1 aliphatic rings. The lowest BCUT2D eigenvalue weighted by Gasteiger charge is -2.30. The molecule has 0 saturated carbocycles. The zero-order valence-electron chi connectivity index (χ0n) is 39.3. The van der Waals surface area contributed by atoms with E-state index in [1.54, 1.807) is 42.5 Å². The summed E-state index contributed by atoms with van der Waals surface area (Å²) in [7, 11) is 0. The van der Waals surface area contributed by atoms with E-state index < -0.39 is 89.6 Å². The van der Waals surface area contributed by atoms with Crippen molar-refractivity contribution in [3.8, 4) is 0 Å². The van der Waals surface area contributed by atoms with Gasteiger partial charge in [-0.25, -0.2) is 0 Å². The van der Waals surface area contributed by atoms with Crippen molar-refractivity contribution in [1.29, 1.82) is 0 Å². The van der Waals surface area contributed by atoms with Gasteiger partial charge >= 0.3 is 0 Å². The monoisotopic (exact) mass is 980 g/mol. The quantitative estimate of drug-likeness (QED) is 0.0279. The maximum Gasteiger partial charge on any atom is 0.245 e. The van der Waals surface area contributed by atoms with Crippen molar-refractivity contribution in [2.75, 3.05) is 13.1 Å². The van der Waals surface area contributed by atoms with E-state index >= 15 is 0 Å². The van der Waals surface area contributed by atoms with Gasteiger partial charge in [0, 0.05) is 56.2 Å². The van der Waals surface area contributed by atoms with Gasteiger partial charge in [0.2, 0.25) is 47.3 Å². The van der Waals surface area contributed by atoms with Crippen molar-refractivity contribution in [2.45, 2.75) is 108 Å². The van der Waals surface area contributed by atoms with Crippen LogP contribution in [0.2, 0.25) is 5.02 Å². The Balaban J connectivity index is 1.36. The number of hydrogen-bond acceptors (Lipinski definition) is 10. The molecule has 0 unspecified atom stereocenters. The molecule has 70 heavy (non-hydrogen) atoms. The van der Waals surface area contributed by atoms with Crippen molar-refractivity contribution in [3.63, 3.8) is 0 Å². The molecule has 1 aromatic heterocycles. The van der Waals surface area contributed by atoms with E-state index in [2.05, 4.69) is 41.9 Å². The Morgan fingerprint density at radius 1 is 0.686 bits per heavy atom. The second-order valence-electron chi connectivity index (χ2n) is 17.2. The Kier molecular flexibility index (Phi) is 19.6. The molecule has 0 bridgehead atoms. The van der Waals surface area contributed by atoms with Gasteiger partial charge in [-0.1, -0.05) is 72.3 Å². The molecule has 21 heteroatoms. The summed E-state index contributed by atoms with van der Waals surface area (Å²) in [6.45, 7) is 4.43. The largest absolute Gasteiger partial charge is 0.370 e. The maximum absolute atomic E-state index is 14.5. The summed E-state index contributed by atoms with van der Waals surface area (Å²) in [5.74, 6) is -5.51. The summed E-state index contributed by atoms with van der Waals surface area (Å²) in [6, 6.07) is 17.0. The topological polar surface area (TPSA) is 315 Å². The Morgan fingerprint density at radius 2 is 1.29 bits per heavy atom. The van der Waals surface area contributed by atoms with Gasteiger partial charge in [0.1, 0.15) is 42.3 Å². The number of hydrogen-bond donors (Lipinski definition) is 9. The summed E-state index contributed by atoms with van der Waals surface area (Å²) >= 11 is 6.17. The highest BCUT2D eigenvalue weighted by atomic mass is 35.5. The lowest BCUT2D eigenvalue weighted by molar-refractivity contribution is -0.142. The van der Waals surface area contributed by atoms with Crippen LogP contribution in [0.3, 0.4) is 0 Å². The highest BCUT2D eigenvalue weighted by molar-refractivity contribution is 6.30. The first kappa shape index (κ1) is 53.3. The zero-order chi connectivity index (χ0) is 50.9. The molecule has 8 amide bonds. The van der Waals surface area contributed by atoms with Gasteiger partial charge < -0.3 is 54.0 Å². The van der Waals surface area contributed by atoms with Crippen LogP contribution in [-0.4, -0.2) is 118 Å². The predicted molar refractivity (Wildman–Crippen MR) is 263 cm³/mol. The molecule has 0 spiro atoms. The van der Waals surface area contributed by atoms with E-state index in [1.165, 1.54) is 31.9 Å². The Morgan fingerprint density at radius 3 is 1.93 bits per heavy atom. The van der Waals surface area contributed by atoms with E-state index in [4.69, 9.17) is 28.8 Å². The van der Waals surface area contributed by atoms with Gasteiger partial charge in [-0.3, -0.25) is 48.3 Å². The minimum Gasteiger partial charge on any atom is -0.370 e. The van der Waals surface area contributed by atoms with E-state index in [1.807, 2.05) is 42.5 Å². The van der Waals surface area contributed by atoms with Gasteiger partial charge in [0.05, 0.1) is 0 Å². The zero-order valence-corrected chi connectivity index (χ0v) is 40.0. The van der Waals surface area contributed by atoms with Gasteiger partial charge in [0.25, 0.3) is 0 Å². The molecule has 372 valence electrons. The van der Waals surface area contributed by atoms with Crippen molar-refractivity contribution in [3.05, 3.63) is 113 Å². The second-order valence-corrected chi connectivity index (χ2v) is 17.6. The van der Waals surface area contributed by atoms with Crippen LogP contribution < -0.4 is 49.1 Å². The van der Waals surface area contributed by atoms with Crippen LogP contribution >= 0.6 is 11.6 Å². The molecule has 0 aliphatic carbocycles. The second kappa shape index (κ2) is 25.7. The predicted octanol–water partition coefficient (Wildman–Crippen LogP) is 0.415. The fraction of sp³-hybridized carbons (Fsp3) is 0.388. The van der Waals surface area contributed by atoms with E-state index in [0.29, 0.717) is 29.1 Å². The number of amides is 8. The third kappa shape index (κ3) is 16.0. The number of rotatable bonds is 23. The molecule has 7 atom stereocenters. The molecule has 20 nitrogen and oxygen atoms in total. The maximum atomic E-state index is 14.5. The van der Waals surface area contributed by atoms with Crippen LogP contribution in [0.4, 0.5) is 0 Å². The number of fused-ring (bicyclic) bond motifs is 1. The molecule has 0 radical (unpaired) electrons. The summed E-state index contributed by atoms with van der Waals surface area (Å²) in [4.78, 5) is 118.